The molecule has 5 heteroatoms. The first-order chi connectivity index (χ1) is 9.13. The molecule has 0 aromatic carbocycles. The molecule has 1 amide bonds. The fraction of sp³-hybridized carbons (Fsp3) is 0.867. The maximum Gasteiger partial charge on any atom is 0.309 e. The summed E-state index contributed by atoms with van der Waals surface area (Å²) in [5, 5.41) is 11.7. The van der Waals surface area contributed by atoms with Gasteiger partial charge in [0.05, 0.1) is 5.41 Å². The molecule has 0 radical (unpaired) electrons. The van der Waals surface area contributed by atoms with Gasteiger partial charge in [0, 0.05) is 18.5 Å². The third-order valence-corrected chi connectivity index (χ3v) is 2.51. The maximum absolute atomic E-state index is 11.8. The summed E-state index contributed by atoms with van der Waals surface area (Å²) in [6, 6.07) is 0. The summed E-state index contributed by atoms with van der Waals surface area (Å²) in [5.74, 6) is -1.06. The molecule has 0 spiro atoms. The van der Waals surface area contributed by atoms with Gasteiger partial charge >= 0.3 is 5.97 Å². The van der Waals surface area contributed by atoms with Crippen LogP contribution < -0.4 is 11.1 Å². The summed E-state index contributed by atoms with van der Waals surface area (Å²) in [6.07, 6.45) is 0.283. The van der Waals surface area contributed by atoms with Gasteiger partial charge in [-0.1, -0.05) is 41.5 Å². The Kier molecular flexibility index (Phi) is 14.0. The van der Waals surface area contributed by atoms with Crippen molar-refractivity contribution in [2.75, 3.05) is 13.1 Å². The number of hydrogen-bond acceptors (Lipinski definition) is 3. The molecule has 0 aliphatic rings. The van der Waals surface area contributed by atoms with Gasteiger partial charge in [-0.25, -0.2) is 0 Å². The SMILES string of the molecule is CC.CC.CC(C)(CC(C)(C)C(=O)NCCN)C(=O)O. The zero-order valence-corrected chi connectivity index (χ0v) is 14.5. The summed E-state index contributed by atoms with van der Waals surface area (Å²) in [5.41, 5.74) is 3.66. The first-order valence-electron chi connectivity index (χ1n) is 7.35. The van der Waals surface area contributed by atoms with E-state index in [2.05, 4.69) is 5.32 Å². The Morgan fingerprint density at radius 3 is 1.70 bits per heavy atom. The molecule has 0 fully saturated rings. The van der Waals surface area contributed by atoms with Crippen LogP contribution in [0, 0.1) is 10.8 Å². The van der Waals surface area contributed by atoms with Crippen LogP contribution in [0.3, 0.4) is 0 Å². The molecule has 0 aromatic heterocycles. The molecule has 0 aliphatic carbocycles. The number of carbonyl (C=O) groups is 2. The molecule has 0 saturated carbocycles. The van der Waals surface area contributed by atoms with Crippen molar-refractivity contribution in [2.24, 2.45) is 16.6 Å². The number of nitrogens with one attached hydrogen (secondary N) is 1. The van der Waals surface area contributed by atoms with Crippen molar-refractivity contribution in [1.29, 1.82) is 0 Å². The standard InChI is InChI=1S/C11H22N2O3.2C2H6/c1-10(2,8(14)13-6-5-12)7-11(3,4)9(15)16;2*1-2/h5-7,12H2,1-4H3,(H,13,14)(H,15,16);2*1-2H3. The van der Waals surface area contributed by atoms with Crippen molar-refractivity contribution >= 4 is 11.9 Å². The zero-order chi connectivity index (χ0) is 17.0. The van der Waals surface area contributed by atoms with Crippen LogP contribution >= 0.6 is 0 Å². The van der Waals surface area contributed by atoms with E-state index in [0.29, 0.717) is 13.1 Å². The van der Waals surface area contributed by atoms with Crippen LogP contribution in [-0.4, -0.2) is 30.1 Å². The second kappa shape index (κ2) is 11.7. The monoisotopic (exact) mass is 290 g/mol. The largest absolute Gasteiger partial charge is 0.481 e. The van der Waals surface area contributed by atoms with Gasteiger partial charge in [0.2, 0.25) is 5.91 Å². The number of amides is 1. The van der Waals surface area contributed by atoms with E-state index in [-0.39, 0.29) is 12.3 Å². The van der Waals surface area contributed by atoms with Gasteiger partial charge in [-0.2, -0.15) is 0 Å². The van der Waals surface area contributed by atoms with Crippen LogP contribution in [0.25, 0.3) is 0 Å². The molecule has 0 aliphatic heterocycles. The predicted octanol–water partition coefficient (Wildman–Crippen LogP) is 2.64. The second-order valence-electron chi connectivity index (χ2n) is 5.29. The Morgan fingerprint density at radius 2 is 1.40 bits per heavy atom. The highest BCUT2D eigenvalue weighted by molar-refractivity contribution is 5.83. The highest BCUT2D eigenvalue weighted by atomic mass is 16.4. The maximum atomic E-state index is 11.8. The first-order valence-corrected chi connectivity index (χ1v) is 7.35. The molecular formula is C15H34N2O3. The molecule has 122 valence electrons. The normalized spacial score (nSPS) is 10.4. The number of rotatable bonds is 6. The summed E-state index contributed by atoms with van der Waals surface area (Å²) in [4.78, 5) is 22.7. The van der Waals surface area contributed by atoms with E-state index in [4.69, 9.17) is 10.8 Å². The van der Waals surface area contributed by atoms with Gasteiger partial charge in [-0.3, -0.25) is 9.59 Å². The number of hydrogen-bond donors (Lipinski definition) is 3. The third kappa shape index (κ3) is 9.78. The minimum Gasteiger partial charge on any atom is -0.481 e. The fourth-order valence-corrected chi connectivity index (χ4v) is 1.69. The van der Waals surface area contributed by atoms with Crippen LogP contribution in [0.2, 0.25) is 0 Å². The van der Waals surface area contributed by atoms with Gasteiger partial charge in [-0.05, 0) is 20.3 Å². The minimum absolute atomic E-state index is 0.160. The minimum atomic E-state index is -0.913. The third-order valence-electron chi connectivity index (χ3n) is 2.51. The smallest absolute Gasteiger partial charge is 0.309 e. The fourth-order valence-electron chi connectivity index (χ4n) is 1.69. The Morgan fingerprint density at radius 1 is 1.00 bits per heavy atom. The van der Waals surface area contributed by atoms with E-state index >= 15 is 0 Å². The Labute approximate surface area is 124 Å². The Balaban J connectivity index is -0.000000656. The van der Waals surface area contributed by atoms with Crippen LogP contribution in [0.5, 0.6) is 0 Å². The Bertz CT molecular complexity index is 274. The first kappa shape index (κ1) is 24.0. The molecule has 0 heterocycles. The zero-order valence-electron chi connectivity index (χ0n) is 14.5. The van der Waals surface area contributed by atoms with E-state index < -0.39 is 16.8 Å². The van der Waals surface area contributed by atoms with E-state index in [1.54, 1.807) is 27.7 Å². The number of carboxylic acid groups (broad SMARTS) is 1. The van der Waals surface area contributed by atoms with Gasteiger partial charge in [0.25, 0.3) is 0 Å². The topological polar surface area (TPSA) is 92.4 Å². The molecular weight excluding hydrogens is 256 g/mol. The van der Waals surface area contributed by atoms with E-state index in [1.165, 1.54) is 0 Å². The average Bonchev–Trinajstić information content (AvgIpc) is 2.39. The van der Waals surface area contributed by atoms with E-state index in [1.807, 2.05) is 27.7 Å². The molecule has 0 saturated heterocycles. The molecule has 20 heavy (non-hydrogen) atoms. The van der Waals surface area contributed by atoms with Crippen molar-refractivity contribution in [3.8, 4) is 0 Å². The number of aliphatic carboxylic acids is 1. The Hall–Kier alpha value is -1.10. The molecule has 0 aromatic rings. The summed E-state index contributed by atoms with van der Waals surface area (Å²) >= 11 is 0. The van der Waals surface area contributed by atoms with Crippen molar-refractivity contribution in [1.82, 2.24) is 5.32 Å². The van der Waals surface area contributed by atoms with Crippen LogP contribution in [0.4, 0.5) is 0 Å². The molecule has 0 bridgehead atoms. The van der Waals surface area contributed by atoms with Crippen molar-refractivity contribution < 1.29 is 14.7 Å². The molecule has 0 unspecified atom stereocenters. The molecule has 5 nitrogen and oxygen atoms in total. The van der Waals surface area contributed by atoms with E-state index in [9.17, 15) is 9.59 Å². The molecule has 4 N–H and O–H groups in total. The van der Waals surface area contributed by atoms with Gasteiger partial charge < -0.3 is 16.2 Å². The van der Waals surface area contributed by atoms with Gasteiger partial charge in [0.15, 0.2) is 0 Å². The van der Waals surface area contributed by atoms with Crippen molar-refractivity contribution in [3.05, 3.63) is 0 Å². The predicted molar refractivity (Wildman–Crippen MR) is 84.6 cm³/mol. The average molecular weight is 290 g/mol. The number of carboxylic acids is 1. The second-order valence-corrected chi connectivity index (χ2v) is 5.29. The van der Waals surface area contributed by atoms with Gasteiger partial charge in [-0.15, -0.1) is 0 Å². The molecule has 0 atom stereocenters. The summed E-state index contributed by atoms with van der Waals surface area (Å²) in [6.45, 7) is 15.5. The van der Waals surface area contributed by atoms with Crippen LogP contribution in [-0.2, 0) is 9.59 Å². The highest BCUT2D eigenvalue weighted by Crippen LogP contribution is 2.33. The summed E-state index contributed by atoms with van der Waals surface area (Å²) in [7, 11) is 0. The number of carbonyl (C=O) groups excluding carboxylic acids is 1. The van der Waals surface area contributed by atoms with Gasteiger partial charge in [0.1, 0.15) is 0 Å². The lowest BCUT2D eigenvalue weighted by Gasteiger charge is -2.30. The van der Waals surface area contributed by atoms with Crippen molar-refractivity contribution in [2.45, 2.75) is 61.8 Å². The highest BCUT2D eigenvalue weighted by Gasteiger charge is 2.38. The molecule has 0 rings (SSSR count). The summed E-state index contributed by atoms with van der Waals surface area (Å²) < 4.78 is 0. The van der Waals surface area contributed by atoms with Crippen LogP contribution in [0.1, 0.15) is 61.8 Å². The lowest BCUT2D eigenvalue weighted by molar-refractivity contribution is -0.149. The lowest BCUT2D eigenvalue weighted by Crippen LogP contribution is -2.43. The quantitative estimate of drug-likeness (QED) is 0.701. The van der Waals surface area contributed by atoms with Crippen molar-refractivity contribution in [3.63, 3.8) is 0 Å². The van der Waals surface area contributed by atoms with E-state index in [0.717, 1.165) is 0 Å². The lowest BCUT2D eigenvalue weighted by atomic mass is 9.74. The number of nitrogens with two attached hydrogens (primary N) is 1. The van der Waals surface area contributed by atoms with Crippen LogP contribution in [0.15, 0.2) is 0 Å².